The maximum atomic E-state index is 13.0. The van der Waals surface area contributed by atoms with Gasteiger partial charge >= 0.3 is 12.3 Å². The molecule has 1 fully saturated rings. The zero-order chi connectivity index (χ0) is 23.6. The molecule has 11 heteroatoms. The largest absolute Gasteiger partial charge is 0.446 e. The first-order valence-electron chi connectivity index (χ1n) is 10.3. The second-order valence-corrected chi connectivity index (χ2v) is 8.22. The van der Waals surface area contributed by atoms with Crippen LogP contribution < -0.4 is 10.5 Å². The molecule has 1 amide bonds. The maximum Gasteiger partial charge on any atom is 0.421 e. The van der Waals surface area contributed by atoms with Crippen molar-refractivity contribution in [2.45, 2.75) is 58.5 Å². The molecule has 0 bridgehead atoms. The Kier molecular flexibility index (Phi) is 6.75. The number of aromatic amines is 1. The summed E-state index contributed by atoms with van der Waals surface area (Å²) in [6, 6.07) is 0.413. The van der Waals surface area contributed by atoms with Crippen LogP contribution in [0.25, 0.3) is 0 Å². The molecule has 0 aliphatic carbocycles. The molecule has 3 heterocycles. The molecule has 32 heavy (non-hydrogen) atoms. The van der Waals surface area contributed by atoms with Gasteiger partial charge in [-0.3, -0.25) is 9.69 Å². The van der Waals surface area contributed by atoms with E-state index in [0.29, 0.717) is 19.0 Å². The van der Waals surface area contributed by atoms with Gasteiger partial charge < -0.3 is 14.6 Å². The van der Waals surface area contributed by atoms with Crippen molar-refractivity contribution in [3.8, 4) is 0 Å². The molecule has 1 saturated heterocycles. The van der Waals surface area contributed by atoms with Gasteiger partial charge in [0.2, 0.25) is 5.95 Å². The fourth-order valence-electron chi connectivity index (χ4n) is 3.86. The second kappa shape index (κ2) is 9.17. The predicted octanol–water partition coefficient (Wildman–Crippen LogP) is 3.16. The van der Waals surface area contributed by atoms with E-state index in [1.165, 1.54) is 6.20 Å². The van der Waals surface area contributed by atoms with E-state index in [1.54, 1.807) is 24.2 Å². The number of nitrogens with zero attached hydrogens (tertiary/aromatic N) is 4. The first kappa shape index (κ1) is 23.6. The number of alkyl halides is 3. The zero-order valence-electron chi connectivity index (χ0n) is 18.3. The number of aryl methyl sites for hydroxylation is 1. The van der Waals surface area contributed by atoms with E-state index in [1.807, 2.05) is 25.7 Å². The Hall–Kier alpha value is -3.11. The van der Waals surface area contributed by atoms with E-state index in [4.69, 9.17) is 4.74 Å². The highest BCUT2D eigenvalue weighted by atomic mass is 19.4. The van der Waals surface area contributed by atoms with E-state index >= 15 is 0 Å². The van der Waals surface area contributed by atoms with Crippen LogP contribution in [0.3, 0.4) is 0 Å². The normalized spacial score (nSPS) is 20.2. The van der Waals surface area contributed by atoms with Crippen LogP contribution in [0.1, 0.15) is 37.5 Å². The number of piperazine rings is 1. The smallest absolute Gasteiger partial charge is 0.421 e. The van der Waals surface area contributed by atoms with E-state index in [2.05, 4.69) is 15.0 Å². The van der Waals surface area contributed by atoms with Crippen molar-refractivity contribution >= 4 is 12.0 Å². The summed E-state index contributed by atoms with van der Waals surface area (Å²) in [6.07, 6.45) is -1.27. The average Bonchev–Trinajstić information content (AvgIpc) is 2.68. The molecule has 0 spiro atoms. The summed E-state index contributed by atoms with van der Waals surface area (Å²) in [4.78, 5) is 38.6. The summed E-state index contributed by atoms with van der Waals surface area (Å²) in [5, 5.41) is 0. The number of halogens is 3. The van der Waals surface area contributed by atoms with Gasteiger partial charge in [-0.2, -0.15) is 13.2 Å². The van der Waals surface area contributed by atoms with Crippen molar-refractivity contribution in [2.24, 2.45) is 0 Å². The molecule has 0 unspecified atom stereocenters. The van der Waals surface area contributed by atoms with Gasteiger partial charge in [0, 0.05) is 38.1 Å². The van der Waals surface area contributed by atoms with Crippen LogP contribution in [0.5, 0.6) is 0 Å². The Bertz CT molecular complexity index is 997. The highest BCUT2D eigenvalue weighted by Crippen LogP contribution is 2.27. The zero-order valence-corrected chi connectivity index (χ0v) is 18.3. The highest BCUT2D eigenvalue weighted by Gasteiger charge is 2.36. The number of carbonyl (C=O) groups is 1. The predicted molar refractivity (Wildman–Crippen MR) is 111 cm³/mol. The summed E-state index contributed by atoms with van der Waals surface area (Å²) in [7, 11) is 0. The Morgan fingerprint density at radius 2 is 1.84 bits per heavy atom. The fraction of sp³-hybridized carbons (Fsp3) is 0.524. The number of nitrogens with one attached hydrogen (secondary N) is 1. The number of ether oxygens (including phenoxy) is 1. The number of amides is 1. The molecule has 1 aliphatic rings. The van der Waals surface area contributed by atoms with Crippen molar-refractivity contribution in [2.75, 3.05) is 18.0 Å². The molecule has 3 atom stereocenters. The van der Waals surface area contributed by atoms with Gasteiger partial charge in [-0.05, 0) is 44.9 Å². The van der Waals surface area contributed by atoms with Crippen molar-refractivity contribution in [1.29, 1.82) is 0 Å². The fourth-order valence-corrected chi connectivity index (χ4v) is 3.86. The van der Waals surface area contributed by atoms with Gasteiger partial charge in [0.15, 0.2) is 0 Å². The quantitative estimate of drug-likeness (QED) is 0.765. The topological polar surface area (TPSA) is 91.4 Å². The minimum Gasteiger partial charge on any atom is -0.446 e. The lowest BCUT2D eigenvalue weighted by atomic mass is 10.1. The number of H-pyrrole nitrogens is 1. The van der Waals surface area contributed by atoms with Crippen LogP contribution in [-0.2, 0) is 17.3 Å². The summed E-state index contributed by atoms with van der Waals surface area (Å²) in [5.41, 5.74) is -1.30. The standard InChI is InChI=1S/C21H26F3N5O3/c1-12-7-26-19(27-8-12)28-10-13(2)29(14(3)11-28)20(31)32-15(4)5-16-6-17(21(22,23)24)18(30)25-9-16/h6-9,13-15H,5,10-11H2,1-4H3,(H,25,30)/t13-,14-,15-/m0/s1. The average molecular weight is 453 g/mol. The number of carbonyl (C=O) groups excluding carboxylic acids is 1. The molecule has 1 aliphatic heterocycles. The summed E-state index contributed by atoms with van der Waals surface area (Å²) in [6.45, 7) is 8.32. The van der Waals surface area contributed by atoms with Gasteiger partial charge in [0.25, 0.3) is 5.56 Å². The molecule has 2 aromatic rings. The SMILES string of the molecule is Cc1cnc(N2C[C@H](C)N(C(=O)O[C@@H](C)Cc3c[nH]c(=O)c(C(F)(F)F)c3)[C@@H](C)C2)nc1. The Labute approximate surface area is 183 Å². The third-order valence-electron chi connectivity index (χ3n) is 5.27. The number of pyridine rings is 1. The van der Waals surface area contributed by atoms with Gasteiger partial charge in [-0.1, -0.05) is 0 Å². The molecule has 174 valence electrons. The van der Waals surface area contributed by atoms with E-state index in [-0.39, 0.29) is 24.1 Å². The van der Waals surface area contributed by atoms with Crippen molar-refractivity contribution in [3.05, 3.63) is 51.7 Å². The van der Waals surface area contributed by atoms with Crippen molar-refractivity contribution in [1.82, 2.24) is 19.9 Å². The summed E-state index contributed by atoms with van der Waals surface area (Å²) < 4.78 is 44.4. The van der Waals surface area contributed by atoms with Gasteiger partial charge in [-0.25, -0.2) is 14.8 Å². The Balaban J connectivity index is 1.63. The third kappa shape index (κ3) is 5.38. The molecule has 3 rings (SSSR count). The number of rotatable bonds is 4. The number of hydrogen-bond acceptors (Lipinski definition) is 6. The number of anilines is 1. The monoisotopic (exact) mass is 453 g/mol. The molecule has 2 aromatic heterocycles. The minimum absolute atomic E-state index is 0.0333. The van der Waals surface area contributed by atoms with E-state index in [9.17, 15) is 22.8 Å². The van der Waals surface area contributed by atoms with E-state index < -0.39 is 29.5 Å². The molecule has 1 N–H and O–H groups in total. The van der Waals surface area contributed by atoms with Crippen LogP contribution in [0.4, 0.5) is 23.9 Å². The van der Waals surface area contributed by atoms with Crippen LogP contribution >= 0.6 is 0 Å². The molecular formula is C21H26F3N5O3. The molecule has 0 radical (unpaired) electrons. The molecule has 0 saturated carbocycles. The van der Waals surface area contributed by atoms with Crippen molar-refractivity contribution < 1.29 is 22.7 Å². The van der Waals surface area contributed by atoms with Crippen LogP contribution in [0, 0.1) is 6.92 Å². The number of aromatic nitrogens is 3. The van der Waals surface area contributed by atoms with Gasteiger partial charge in [0.05, 0.1) is 12.1 Å². The first-order valence-corrected chi connectivity index (χ1v) is 10.3. The van der Waals surface area contributed by atoms with Crippen LogP contribution in [0.2, 0.25) is 0 Å². The Morgan fingerprint density at radius 3 is 2.41 bits per heavy atom. The van der Waals surface area contributed by atoms with Crippen LogP contribution in [-0.4, -0.2) is 57.2 Å². The summed E-state index contributed by atoms with van der Waals surface area (Å²) >= 11 is 0. The first-order chi connectivity index (χ1) is 15.0. The minimum atomic E-state index is -4.75. The lowest BCUT2D eigenvalue weighted by Crippen LogP contribution is -2.59. The highest BCUT2D eigenvalue weighted by molar-refractivity contribution is 5.69. The lowest BCUT2D eigenvalue weighted by Gasteiger charge is -2.43. The van der Waals surface area contributed by atoms with Gasteiger partial charge in [-0.15, -0.1) is 0 Å². The van der Waals surface area contributed by atoms with Crippen LogP contribution in [0.15, 0.2) is 29.5 Å². The molecule has 0 aromatic carbocycles. The molecule has 8 nitrogen and oxygen atoms in total. The molecular weight excluding hydrogens is 427 g/mol. The second-order valence-electron chi connectivity index (χ2n) is 8.22. The lowest BCUT2D eigenvalue weighted by molar-refractivity contribution is -0.138. The van der Waals surface area contributed by atoms with Crippen molar-refractivity contribution in [3.63, 3.8) is 0 Å². The maximum absolute atomic E-state index is 13.0. The third-order valence-corrected chi connectivity index (χ3v) is 5.27. The number of hydrogen-bond donors (Lipinski definition) is 1. The van der Waals surface area contributed by atoms with Gasteiger partial charge in [0.1, 0.15) is 11.7 Å². The van der Waals surface area contributed by atoms with E-state index in [0.717, 1.165) is 11.6 Å². The summed E-state index contributed by atoms with van der Waals surface area (Å²) in [5.74, 6) is 0.592. The Morgan fingerprint density at radius 1 is 1.25 bits per heavy atom.